The average Bonchev–Trinajstić information content (AvgIpc) is 2.40. The van der Waals surface area contributed by atoms with E-state index < -0.39 is 0 Å². The van der Waals surface area contributed by atoms with Crippen molar-refractivity contribution in [3.63, 3.8) is 0 Å². The predicted octanol–water partition coefficient (Wildman–Crippen LogP) is 2.19. The van der Waals surface area contributed by atoms with Crippen LogP contribution in [0.25, 0.3) is 0 Å². The van der Waals surface area contributed by atoms with E-state index in [1.165, 1.54) is 50.9 Å². The molecule has 0 radical (unpaired) electrons. The van der Waals surface area contributed by atoms with Crippen molar-refractivity contribution in [3.8, 4) is 0 Å². The lowest BCUT2D eigenvalue weighted by molar-refractivity contribution is 0.201. The molecule has 3 rings (SSSR count). The Kier molecular flexibility index (Phi) is 3.44. The maximum Gasteiger partial charge on any atom is 0.0238 e. The monoisotopic (exact) mass is 230 g/mol. The van der Waals surface area contributed by atoms with Crippen LogP contribution in [0.15, 0.2) is 24.3 Å². The first kappa shape index (κ1) is 11.2. The fourth-order valence-corrected chi connectivity index (χ4v) is 3.10. The minimum Gasteiger partial charge on any atom is -0.308 e. The first-order valence-corrected chi connectivity index (χ1v) is 6.94. The SMILES string of the molecule is c1ccc2c(c1)CN[C@H](CN1CCCCC1)C2. The fourth-order valence-electron chi connectivity index (χ4n) is 3.10. The van der Waals surface area contributed by atoms with Crippen LogP contribution >= 0.6 is 0 Å². The normalized spacial score (nSPS) is 25.5. The molecule has 17 heavy (non-hydrogen) atoms. The maximum atomic E-state index is 3.68. The predicted molar refractivity (Wildman–Crippen MR) is 71.1 cm³/mol. The van der Waals surface area contributed by atoms with E-state index in [1.807, 2.05) is 0 Å². The van der Waals surface area contributed by atoms with E-state index in [1.54, 1.807) is 5.56 Å². The van der Waals surface area contributed by atoms with Crippen molar-refractivity contribution >= 4 is 0 Å². The zero-order valence-corrected chi connectivity index (χ0v) is 10.5. The molecular weight excluding hydrogens is 208 g/mol. The smallest absolute Gasteiger partial charge is 0.0238 e. The van der Waals surface area contributed by atoms with Crippen molar-refractivity contribution in [1.82, 2.24) is 10.2 Å². The third-order valence-electron chi connectivity index (χ3n) is 4.09. The highest BCUT2D eigenvalue weighted by atomic mass is 15.2. The van der Waals surface area contributed by atoms with Gasteiger partial charge in [-0.15, -0.1) is 0 Å². The molecule has 0 bridgehead atoms. The van der Waals surface area contributed by atoms with Gasteiger partial charge in [-0.2, -0.15) is 0 Å². The Morgan fingerprint density at radius 3 is 2.65 bits per heavy atom. The summed E-state index contributed by atoms with van der Waals surface area (Å²) in [6, 6.07) is 9.51. The quantitative estimate of drug-likeness (QED) is 0.838. The van der Waals surface area contributed by atoms with E-state index in [9.17, 15) is 0 Å². The van der Waals surface area contributed by atoms with E-state index in [4.69, 9.17) is 0 Å². The molecule has 0 spiro atoms. The summed E-state index contributed by atoms with van der Waals surface area (Å²) in [6.07, 6.45) is 5.41. The fraction of sp³-hybridized carbons (Fsp3) is 0.600. The van der Waals surface area contributed by atoms with Gasteiger partial charge in [-0.05, 0) is 43.5 Å². The van der Waals surface area contributed by atoms with Gasteiger partial charge < -0.3 is 10.2 Å². The van der Waals surface area contributed by atoms with Gasteiger partial charge in [-0.25, -0.2) is 0 Å². The molecule has 0 unspecified atom stereocenters. The molecule has 2 heteroatoms. The number of piperidine rings is 1. The number of nitrogens with zero attached hydrogens (tertiary/aromatic N) is 1. The molecule has 1 N–H and O–H groups in total. The Hall–Kier alpha value is -0.860. The lowest BCUT2D eigenvalue weighted by Gasteiger charge is -2.33. The average molecular weight is 230 g/mol. The van der Waals surface area contributed by atoms with Crippen LogP contribution in [0.3, 0.4) is 0 Å². The van der Waals surface area contributed by atoms with Crippen LogP contribution in [0.5, 0.6) is 0 Å². The largest absolute Gasteiger partial charge is 0.308 e. The molecule has 1 saturated heterocycles. The summed E-state index contributed by atoms with van der Waals surface area (Å²) >= 11 is 0. The molecular formula is C15H22N2. The number of rotatable bonds is 2. The minimum atomic E-state index is 0.656. The zero-order valence-electron chi connectivity index (χ0n) is 10.5. The summed E-state index contributed by atoms with van der Waals surface area (Å²) in [5, 5.41) is 3.68. The molecule has 1 fully saturated rings. The first-order chi connectivity index (χ1) is 8.42. The topological polar surface area (TPSA) is 15.3 Å². The van der Waals surface area contributed by atoms with Crippen molar-refractivity contribution < 1.29 is 0 Å². The van der Waals surface area contributed by atoms with E-state index in [0.29, 0.717) is 6.04 Å². The summed E-state index contributed by atoms with van der Waals surface area (Å²) in [6.45, 7) is 4.89. The van der Waals surface area contributed by atoms with Gasteiger partial charge in [0.25, 0.3) is 0 Å². The Morgan fingerprint density at radius 1 is 1.06 bits per heavy atom. The molecule has 2 aliphatic rings. The Labute approximate surface area is 104 Å². The number of likely N-dealkylation sites (tertiary alicyclic amines) is 1. The molecule has 2 nitrogen and oxygen atoms in total. The van der Waals surface area contributed by atoms with Crippen LogP contribution < -0.4 is 5.32 Å². The van der Waals surface area contributed by atoms with Crippen molar-refractivity contribution in [2.24, 2.45) is 0 Å². The van der Waals surface area contributed by atoms with Crippen molar-refractivity contribution in [3.05, 3.63) is 35.4 Å². The summed E-state index contributed by atoms with van der Waals surface area (Å²) in [7, 11) is 0. The molecule has 0 aliphatic carbocycles. The van der Waals surface area contributed by atoms with Crippen molar-refractivity contribution in [1.29, 1.82) is 0 Å². The highest BCUT2D eigenvalue weighted by Crippen LogP contribution is 2.18. The molecule has 0 aromatic heterocycles. The number of hydrogen-bond donors (Lipinski definition) is 1. The van der Waals surface area contributed by atoms with Crippen molar-refractivity contribution in [2.75, 3.05) is 19.6 Å². The van der Waals surface area contributed by atoms with E-state index in [0.717, 1.165) is 6.54 Å². The maximum absolute atomic E-state index is 3.68. The molecule has 2 aliphatic heterocycles. The van der Waals surface area contributed by atoms with Crippen LogP contribution in [0.2, 0.25) is 0 Å². The van der Waals surface area contributed by atoms with Gasteiger partial charge in [0.05, 0.1) is 0 Å². The Morgan fingerprint density at radius 2 is 1.82 bits per heavy atom. The van der Waals surface area contributed by atoms with Crippen LogP contribution in [-0.2, 0) is 13.0 Å². The van der Waals surface area contributed by atoms with Crippen LogP contribution in [0, 0.1) is 0 Å². The summed E-state index contributed by atoms with van der Waals surface area (Å²) in [5.74, 6) is 0. The standard InChI is InChI=1S/C15H22N2/c1-4-8-17(9-5-1)12-15-10-13-6-2-3-7-14(13)11-16-15/h2-3,6-7,15-16H,1,4-5,8-12H2/t15-/m0/s1. The second-order valence-electron chi connectivity index (χ2n) is 5.41. The second-order valence-corrected chi connectivity index (χ2v) is 5.41. The van der Waals surface area contributed by atoms with E-state index in [2.05, 4.69) is 34.5 Å². The van der Waals surface area contributed by atoms with Gasteiger partial charge in [-0.1, -0.05) is 30.7 Å². The Bertz CT molecular complexity index is 369. The lowest BCUT2D eigenvalue weighted by Crippen LogP contribution is -2.46. The molecule has 2 heterocycles. The first-order valence-electron chi connectivity index (χ1n) is 6.94. The van der Waals surface area contributed by atoms with Gasteiger partial charge >= 0.3 is 0 Å². The van der Waals surface area contributed by atoms with E-state index >= 15 is 0 Å². The minimum absolute atomic E-state index is 0.656. The summed E-state index contributed by atoms with van der Waals surface area (Å²) in [4.78, 5) is 2.63. The van der Waals surface area contributed by atoms with Crippen LogP contribution in [-0.4, -0.2) is 30.6 Å². The number of hydrogen-bond acceptors (Lipinski definition) is 2. The Balaban J connectivity index is 1.60. The highest BCUT2D eigenvalue weighted by molar-refractivity contribution is 5.29. The number of benzene rings is 1. The van der Waals surface area contributed by atoms with Gasteiger partial charge in [-0.3, -0.25) is 0 Å². The third kappa shape index (κ3) is 2.70. The molecule has 92 valence electrons. The zero-order chi connectivity index (χ0) is 11.5. The van der Waals surface area contributed by atoms with E-state index in [-0.39, 0.29) is 0 Å². The molecule has 1 aromatic rings. The molecule has 0 saturated carbocycles. The van der Waals surface area contributed by atoms with Crippen molar-refractivity contribution in [2.45, 2.75) is 38.3 Å². The third-order valence-corrected chi connectivity index (χ3v) is 4.09. The number of nitrogens with one attached hydrogen (secondary N) is 1. The molecule has 0 amide bonds. The van der Waals surface area contributed by atoms with Gasteiger partial charge in [0.1, 0.15) is 0 Å². The van der Waals surface area contributed by atoms with Crippen LogP contribution in [0.4, 0.5) is 0 Å². The lowest BCUT2D eigenvalue weighted by atomic mass is 9.95. The van der Waals surface area contributed by atoms with Gasteiger partial charge in [0, 0.05) is 19.1 Å². The highest BCUT2D eigenvalue weighted by Gasteiger charge is 2.20. The second kappa shape index (κ2) is 5.19. The van der Waals surface area contributed by atoms with Gasteiger partial charge in [0.2, 0.25) is 0 Å². The summed E-state index contributed by atoms with van der Waals surface area (Å²) in [5.41, 5.74) is 3.04. The van der Waals surface area contributed by atoms with Crippen LogP contribution in [0.1, 0.15) is 30.4 Å². The summed E-state index contributed by atoms with van der Waals surface area (Å²) < 4.78 is 0. The van der Waals surface area contributed by atoms with Gasteiger partial charge in [0.15, 0.2) is 0 Å². The molecule has 1 aromatic carbocycles. The molecule has 1 atom stereocenters. The number of fused-ring (bicyclic) bond motifs is 1.